The van der Waals surface area contributed by atoms with Crippen molar-refractivity contribution in [2.24, 2.45) is 5.73 Å². The van der Waals surface area contributed by atoms with Gasteiger partial charge in [0.05, 0.1) is 11.2 Å². The molecule has 0 aliphatic carbocycles. The molecule has 2 amide bonds. The summed E-state index contributed by atoms with van der Waals surface area (Å²) in [5.41, 5.74) is 6.47. The molecule has 140 valence electrons. The van der Waals surface area contributed by atoms with Crippen molar-refractivity contribution < 1.29 is 18.9 Å². The second-order valence-electron chi connectivity index (χ2n) is 8.07. The van der Waals surface area contributed by atoms with E-state index in [1.807, 2.05) is 45.9 Å². The molecule has 4 rings (SSSR count). The molecule has 27 heavy (non-hydrogen) atoms. The van der Waals surface area contributed by atoms with E-state index in [2.05, 4.69) is 0 Å². The number of nitrogens with two attached hydrogens (primary N) is 1. The highest BCUT2D eigenvalue weighted by atomic mass is 16.7. The predicted molar refractivity (Wildman–Crippen MR) is 104 cm³/mol. The number of hydrogen-bond donors (Lipinski definition) is 1. The summed E-state index contributed by atoms with van der Waals surface area (Å²) in [7, 11) is -0.563. The topological polar surface area (TPSA) is 81.9 Å². The highest BCUT2D eigenvalue weighted by Crippen LogP contribution is 2.38. The van der Waals surface area contributed by atoms with Crippen LogP contribution < -0.4 is 11.2 Å². The highest BCUT2D eigenvalue weighted by molar-refractivity contribution is 6.65. The van der Waals surface area contributed by atoms with Crippen LogP contribution in [-0.2, 0) is 9.31 Å². The summed E-state index contributed by atoms with van der Waals surface area (Å²) < 4.78 is 12.4. The monoisotopic (exact) mass is 366 g/mol. The first-order valence-corrected chi connectivity index (χ1v) is 9.15. The van der Waals surface area contributed by atoms with Crippen LogP contribution >= 0.6 is 0 Å². The Labute approximate surface area is 158 Å². The number of benzene rings is 2. The number of imide groups is 1. The van der Waals surface area contributed by atoms with Crippen LogP contribution in [-0.4, -0.2) is 48.1 Å². The molecule has 1 fully saturated rings. The highest BCUT2D eigenvalue weighted by Gasteiger charge is 2.52. The standard InChI is InChI=1S/C20H23BN2O4/c1-19(2)20(3,4)27-21(26-19)15-9-8-14-16-12(15)6-5-7-13(16)17(24)23(11-10-22)18(14)25/h5-9H,10-11,22H2,1-4H3. The van der Waals surface area contributed by atoms with Crippen molar-refractivity contribution in [3.05, 3.63) is 41.5 Å². The summed E-state index contributed by atoms with van der Waals surface area (Å²) in [6.45, 7) is 8.42. The second kappa shape index (κ2) is 5.89. The fraction of sp³-hybridized carbons (Fsp3) is 0.400. The molecular weight excluding hydrogens is 343 g/mol. The van der Waals surface area contributed by atoms with Gasteiger partial charge in [-0.05, 0) is 50.7 Å². The van der Waals surface area contributed by atoms with Crippen LogP contribution in [0.5, 0.6) is 0 Å². The lowest BCUT2D eigenvalue weighted by Gasteiger charge is -2.32. The SMILES string of the molecule is CC1(C)OB(c2ccc3c4c(cccc24)C(=O)N(CCN)C3=O)OC1(C)C. The van der Waals surface area contributed by atoms with E-state index in [0.717, 1.165) is 10.8 Å². The quantitative estimate of drug-likeness (QED) is 0.661. The molecule has 0 radical (unpaired) electrons. The summed E-state index contributed by atoms with van der Waals surface area (Å²) in [4.78, 5) is 26.9. The van der Waals surface area contributed by atoms with Gasteiger partial charge in [0.1, 0.15) is 0 Å². The Morgan fingerprint density at radius 1 is 0.963 bits per heavy atom. The molecule has 0 atom stereocenters. The normalized spacial score (nSPS) is 20.6. The number of carbonyl (C=O) groups excluding carboxylic acids is 2. The minimum atomic E-state index is -0.563. The molecule has 1 saturated heterocycles. The summed E-state index contributed by atoms with van der Waals surface area (Å²) in [6, 6.07) is 9.09. The Kier molecular flexibility index (Phi) is 3.96. The summed E-state index contributed by atoms with van der Waals surface area (Å²) in [5.74, 6) is -0.621. The lowest BCUT2D eigenvalue weighted by Crippen LogP contribution is -2.44. The maximum absolute atomic E-state index is 12.8. The Hall–Kier alpha value is -2.22. The lowest BCUT2D eigenvalue weighted by molar-refractivity contribution is 0.00578. The van der Waals surface area contributed by atoms with Crippen LogP contribution in [0.3, 0.4) is 0 Å². The average Bonchev–Trinajstić information content (AvgIpc) is 2.83. The van der Waals surface area contributed by atoms with Crippen LogP contribution in [0.4, 0.5) is 0 Å². The third-order valence-corrected chi connectivity index (χ3v) is 5.89. The van der Waals surface area contributed by atoms with E-state index in [1.165, 1.54) is 4.90 Å². The number of rotatable bonds is 3. The lowest BCUT2D eigenvalue weighted by atomic mass is 9.74. The second-order valence-corrected chi connectivity index (χ2v) is 8.07. The maximum atomic E-state index is 12.8. The third-order valence-electron chi connectivity index (χ3n) is 5.89. The van der Waals surface area contributed by atoms with Crippen molar-refractivity contribution in [2.45, 2.75) is 38.9 Å². The number of carbonyl (C=O) groups is 2. The van der Waals surface area contributed by atoms with Gasteiger partial charge in [0.25, 0.3) is 11.8 Å². The van der Waals surface area contributed by atoms with E-state index in [0.29, 0.717) is 16.5 Å². The fourth-order valence-corrected chi connectivity index (χ4v) is 3.68. The molecule has 0 spiro atoms. The number of amides is 2. The Morgan fingerprint density at radius 3 is 2.15 bits per heavy atom. The van der Waals surface area contributed by atoms with E-state index < -0.39 is 18.3 Å². The van der Waals surface area contributed by atoms with E-state index in [4.69, 9.17) is 15.0 Å². The van der Waals surface area contributed by atoms with Gasteiger partial charge in [-0.15, -0.1) is 0 Å². The molecule has 2 aromatic carbocycles. The molecular formula is C20H23BN2O4. The molecule has 7 heteroatoms. The van der Waals surface area contributed by atoms with Gasteiger partial charge in [0.15, 0.2) is 0 Å². The van der Waals surface area contributed by atoms with Crippen LogP contribution in [0, 0.1) is 0 Å². The largest absolute Gasteiger partial charge is 0.495 e. The molecule has 6 nitrogen and oxygen atoms in total. The van der Waals surface area contributed by atoms with Gasteiger partial charge in [-0.1, -0.05) is 18.2 Å². The Morgan fingerprint density at radius 2 is 1.56 bits per heavy atom. The summed E-state index contributed by atoms with van der Waals surface area (Å²) >= 11 is 0. The average molecular weight is 366 g/mol. The minimum Gasteiger partial charge on any atom is -0.399 e. The smallest absolute Gasteiger partial charge is 0.399 e. The zero-order valence-corrected chi connectivity index (χ0v) is 16.0. The Bertz CT molecular complexity index is 932. The van der Waals surface area contributed by atoms with Crippen molar-refractivity contribution in [1.82, 2.24) is 4.90 Å². The van der Waals surface area contributed by atoms with Crippen molar-refractivity contribution in [1.29, 1.82) is 0 Å². The third kappa shape index (κ3) is 2.53. The molecule has 2 aliphatic heterocycles. The van der Waals surface area contributed by atoms with E-state index in [9.17, 15) is 9.59 Å². The van der Waals surface area contributed by atoms with Gasteiger partial charge >= 0.3 is 7.12 Å². The molecule has 2 heterocycles. The number of hydrogen-bond acceptors (Lipinski definition) is 5. The van der Waals surface area contributed by atoms with Gasteiger partial charge in [-0.3, -0.25) is 14.5 Å². The van der Waals surface area contributed by atoms with Crippen molar-refractivity contribution >= 4 is 35.2 Å². The maximum Gasteiger partial charge on any atom is 0.495 e. The van der Waals surface area contributed by atoms with Crippen LogP contribution in [0.25, 0.3) is 10.8 Å². The van der Waals surface area contributed by atoms with Crippen molar-refractivity contribution in [3.63, 3.8) is 0 Å². The molecule has 0 bridgehead atoms. The van der Waals surface area contributed by atoms with Gasteiger partial charge in [0, 0.05) is 29.6 Å². The minimum absolute atomic E-state index is 0.201. The van der Waals surface area contributed by atoms with E-state index >= 15 is 0 Å². The first-order valence-electron chi connectivity index (χ1n) is 9.15. The molecule has 2 N–H and O–H groups in total. The van der Waals surface area contributed by atoms with E-state index in [-0.39, 0.29) is 24.9 Å². The van der Waals surface area contributed by atoms with E-state index in [1.54, 1.807) is 12.1 Å². The molecule has 0 saturated carbocycles. The molecule has 0 unspecified atom stereocenters. The van der Waals surface area contributed by atoms with Gasteiger partial charge in [-0.2, -0.15) is 0 Å². The van der Waals surface area contributed by atoms with Gasteiger partial charge in [0.2, 0.25) is 0 Å². The summed E-state index contributed by atoms with van der Waals surface area (Å²) in [5, 5.41) is 1.46. The van der Waals surface area contributed by atoms with Gasteiger partial charge < -0.3 is 15.0 Å². The molecule has 2 aromatic rings. The van der Waals surface area contributed by atoms with Crippen LogP contribution in [0.15, 0.2) is 30.3 Å². The van der Waals surface area contributed by atoms with Crippen molar-refractivity contribution in [2.75, 3.05) is 13.1 Å². The molecule has 0 aromatic heterocycles. The first-order chi connectivity index (χ1) is 12.7. The summed E-state index contributed by atoms with van der Waals surface area (Å²) in [6.07, 6.45) is 0. The zero-order valence-electron chi connectivity index (χ0n) is 16.0. The fourth-order valence-electron chi connectivity index (χ4n) is 3.68. The number of nitrogens with zero attached hydrogens (tertiary/aromatic N) is 1. The molecule has 2 aliphatic rings. The van der Waals surface area contributed by atoms with Crippen LogP contribution in [0.2, 0.25) is 0 Å². The van der Waals surface area contributed by atoms with Crippen molar-refractivity contribution in [3.8, 4) is 0 Å². The zero-order chi connectivity index (χ0) is 19.6. The first kappa shape index (κ1) is 18.2. The van der Waals surface area contributed by atoms with Gasteiger partial charge in [-0.25, -0.2) is 0 Å². The van der Waals surface area contributed by atoms with Crippen LogP contribution in [0.1, 0.15) is 48.4 Å². The predicted octanol–water partition coefficient (Wildman–Crippen LogP) is 1.69. The Balaban J connectivity index is 1.88.